The van der Waals surface area contributed by atoms with Gasteiger partial charge in [0.2, 0.25) is 0 Å². The number of likely N-dealkylation sites (tertiary alicyclic amines) is 1. The van der Waals surface area contributed by atoms with E-state index < -0.39 is 0 Å². The van der Waals surface area contributed by atoms with Crippen molar-refractivity contribution in [3.05, 3.63) is 22.4 Å². The highest BCUT2D eigenvalue weighted by molar-refractivity contribution is 14.0. The first-order chi connectivity index (χ1) is 13.7. The van der Waals surface area contributed by atoms with E-state index in [2.05, 4.69) is 50.0 Å². The van der Waals surface area contributed by atoms with Crippen LogP contribution in [0.15, 0.2) is 22.5 Å². The van der Waals surface area contributed by atoms with Crippen LogP contribution in [-0.2, 0) is 4.74 Å². The third-order valence-corrected chi connectivity index (χ3v) is 6.88. The minimum Gasteiger partial charge on any atom is -0.383 e. The summed E-state index contributed by atoms with van der Waals surface area (Å²) in [6, 6.07) is 5.72. The van der Waals surface area contributed by atoms with Gasteiger partial charge in [0.1, 0.15) is 0 Å². The topological polar surface area (TPSA) is 52.1 Å². The van der Waals surface area contributed by atoms with Crippen LogP contribution >= 0.6 is 35.3 Å². The van der Waals surface area contributed by atoms with Crippen LogP contribution in [0.3, 0.4) is 0 Å². The van der Waals surface area contributed by atoms with Gasteiger partial charge in [0.25, 0.3) is 0 Å². The number of ether oxygens (including phenoxy) is 1. The van der Waals surface area contributed by atoms with Gasteiger partial charge in [0.15, 0.2) is 5.96 Å². The molecule has 0 amide bonds. The smallest absolute Gasteiger partial charge is 0.191 e. The van der Waals surface area contributed by atoms with E-state index in [4.69, 9.17) is 4.74 Å². The van der Waals surface area contributed by atoms with E-state index in [0.717, 1.165) is 44.8 Å². The molecule has 0 aromatic carbocycles. The number of guanidine groups is 1. The van der Waals surface area contributed by atoms with Crippen molar-refractivity contribution in [2.24, 2.45) is 10.9 Å². The highest BCUT2D eigenvalue weighted by Crippen LogP contribution is 2.36. The van der Waals surface area contributed by atoms with Crippen molar-refractivity contribution in [2.45, 2.75) is 37.8 Å². The largest absolute Gasteiger partial charge is 0.383 e. The number of halogens is 1. The molecule has 0 bridgehead atoms. The van der Waals surface area contributed by atoms with E-state index in [1.165, 1.54) is 37.1 Å². The van der Waals surface area contributed by atoms with Gasteiger partial charge in [-0.15, -0.1) is 35.3 Å². The van der Waals surface area contributed by atoms with Crippen LogP contribution in [0.1, 0.15) is 36.6 Å². The lowest BCUT2D eigenvalue weighted by molar-refractivity contribution is 0.125. The quantitative estimate of drug-likeness (QED) is 0.274. The van der Waals surface area contributed by atoms with Crippen molar-refractivity contribution < 1.29 is 4.74 Å². The molecule has 2 aliphatic rings. The SMILES string of the molecule is CN=C(NCCN(CCOC)C1CC1)NCC1CCCN(C)C1c1cccs1.I. The molecule has 0 radical (unpaired) electrons. The fourth-order valence-corrected chi connectivity index (χ4v) is 5.26. The predicted octanol–water partition coefficient (Wildman–Crippen LogP) is 3.02. The molecule has 3 rings (SSSR count). The van der Waals surface area contributed by atoms with Crippen LogP contribution in [0.2, 0.25) is 0 Å². The van der Waals surface area contributed by atoms with Crippen LogP contribution in [0.5, 0.6) is 0 Å². The number of methoxy groups -OCH3 is 1. The Morgan fingerprint density at radius 3 is 2.79 bits per heavy atom. The molecule has 1 saturated carbocycles. The first-order valence-corrected chi connectivity index (χ1v) is 11.5. The molecule has 166 valence electrons. The van der Waals surface area contributed by atoms with E-state index in [1.54, 1.807) is 7.11 Å². The summed E-state index contributed by atoms with van der Waals surface area (Å²) in [5.74, 6) is 1.53. The van der Waals surface area contributed by atoms with Crippen molar-refractivity contribution in [2.75, 3.05) is 60.5 Å². The highest BCUT2D eigenvalue weighted by atomic mass is 127. The minimum atomic E-state index is 0. The van der Waals surface area contributed by atoms with Crippen molar-refractivity contribution in [1.82, 2.24) is 20.4 Å². The molecule has 8 heteroatoms. The summed E-state index contributed by atoms with van der Waals surface area (Å²) >= 11 is 1.88. The second-order valence-electron chi connectivity index (χ2n) is 7.98. The molecule has 1 aliphatic heterocycles. The van der Waals surface area contributed by atoms with Crippen LogP contribution in [-0.4, -0.2) is 82.3 Å². The van der Waals surface area contributed by atoms with Gasteiger partial charge in [0.05, 0.1) is 6.61 Å². The summed E-state index contributed by atoms with van der Waals surface area (Å²) in [6.45, 7) is 5.93. The number of thiophene rings is 1. The van der Waals surface area contributed by atoms with E-state index in [0.29, 0.717) is 12.0 Å². The van der Waals surface area contributed by atoms with Gasteiger partial charge in [-0.25, -0.2) is 0 Å². The predicted molar refractivity (Wildman–Crippen MR) is 134 cm³/mol. The van der Waals surface area contributed by atoms with Crippen molar-refractivity contribution in [1.29, 1.82) is 0 Å². The number of nitrogens with zero attached hydrogens (tertiary/aromatic N) is 3. The second-order valence-corrected chi connectivity index (χ2v) is 8.96. The average molecular weight is 536 g/mol. The molecule has 2 heterocycles. The molecule has 1 aromatic heterocycles. The Balaban J connectivity index is 0.00000300. The van der Waals surface area contributed by atoms with Crippen LogP contribution in [0.25, 0.3) is 0 Å². The van der Waals surface area contributed by atoms with E-state index >= 15 is 0 Å². The summed E-state index contributed by atoms with van der Waals surface area (Å²) < 4.78 is 5.25. The zero-order valence-electron chi connectivity index (χ0n) is 18.1. The third kappa shape index (κ3) is 7.65. The highest BCUT2D eigenvalue weighted by Gasteiger charge is 2.31. The van der Waals surface area contributed by atoms with Crippen molar-refractivity contribution in [3.63, 3.8) is 0 Å². The van der Waals surface area contributed by atoms with Crippen molar-refractivity contribution in [3.8, 4) is 0 Å². The first kappa shape index (κ1) is 24.8. The van der Waals surface area contributed by atoms with Crippen molar-refractivity contribution >= 4 is 41.3 Å². The lowest BCUT2D eigenvalue weighted by atomic mass is 9.88. The van der Waals surface area contributed by atoms with E-state index in [1.807, 2.05) is 18.4 Å². The Morgan fingerprint density at radius 1 is 1.31 bits per heavy atom. The number of hydrogen-bond donors (Lipinski definition) is 2. The lowest BCUT2D eigenvalue weighted by Gasteiger charge is -2.39. The molecule has 1 saturated heterocycles. The molecule has 0 spiro atoms. The molecule has 2 atom stereocenters. The molecule has 2 N–H and O–H groups in total. The van der Waals surface area contributed by atoms with Gasteiger partial charge < -0.3 is 15.4 Å². The Kier molecular flexibility index (Phi) is 11.2. The second kappa shape index (κ2) is 13.1. The Morgan fingerprint density at radius 2 is 2.14 bits per heavy atom. The number of rotatable bonds is 10. The number of aliphatic imine (C=N–C) groups is 1. The number of hydrogen-bond acceptors (Lipinski definition) is 5. The molecule has 2 unspecified atom stereocenters. The van der Waals surface area contributed by atoms with Gasteiger partial charge in [-0.3, -0.25) is 14.8 Å². The third-order valence-electron chi connectivity index (χ3n) is 5.93. The Labute approximate surface area is 197 Å². The maximum atomic E-state index is 5.25. The van der Waals surface area contributed by atoms with Crippen LogP contribution < -0.4 is 10.6 Å². The molecular weight excluding hydrogens is 497 g/mol. The standard InChI is InChI=1S/C21H37N5OS.HI/c1-22-21(23-10-12-26(13-14-27-3)18-8-9-18)24-16-17-6-4-11-25(2)20(17)19-7-5-15-28-19;/h5,7,15,17-18,20H,4,6,8-14,16H2,1-3H3,(H2,22,23,24);1H. The van der Waals surface area contributed by atoms with E-state index in [9.17, 15) is 0 Å². The molecule has 2 fully saturated rings. The number of piperidine rings is 1. The molecule has 29 heavy (non-hydrogen) atoms. The minimum absolute atomic E-state index is 0. The van der Waals surface area contributed by atoms with E-state index in [-0.39, 0.29) is 24.0 Å². The molecule has 1 aromatic rings. The zero-order valence-corrected chi connectivity index (χ0v) is 21.2. The van der Waals surface area contributed by atoms with Gasteiger partial charge in [-0.2, -0.15) is 0 Å². The van der Waals surface area contributed by atoms with Gasteiger partial charge in [-0.05, 0) is 56.6 Å². The number of nitrogens with one attached hydrogen (secondary N) is 2. The summed E-state index contributed by atoms with van der Waals surface area (Å²) in [6.07, 6.45) is 5.20. The zero-order chi connectivity index (χ0) is 19.8. The fourth-order valence-electron chi connectivity index (χ4n) is 4.27. The van der Waals surface area contributed by atoms with Crippen LogP contribution in [0, 0.1) is 5.92 Å². The van der Waals surface area contributed by atoms with Gasteiger partial charge in [0, 0.05) is 57.3 Å². The fraction of sp³-hybridized carbons (Fsp3) is 0.762. The Hall–Kier alpha value is -0.420. The maximum absolute atomic E-state index is 5.25. The molecule has 1 aliphatic carbocycles. The Bertz CT molecular complexity index is 596. The van der Waals surface area contributed by atoms with Gasteiger partial charge in [-0.1, -0.05) is 6.07 Å². The molecular formula is C21H38IN5OS. The monoisotopic (exact) mass is 535 g/mol. The summed E-state index contributed by atoms with van der Waals surface area (Å²) in [4.78, 5) is 11.0. The maximum Gasteiger partial charge on any atom is 0.191 e. The van der Waals surface area contributed by atoms with Gasteiger partial charge >= 0.3 is 0 Å². The average Bonchev–Trinajstić information content (AvgIpc) is 3.41. The normalized spacial score (nSPS) is 23.1. The summed E-state index contributed by atoms with van der Waals surface area (Å²) in [5.41, 5.74) is 0. The lowest BCUT2D eigenvalue weighted by Crippen LogP contribution is -2.46. The first-order valence-electron chi connectivity index (χ1n) is 10.6. The summed E-state index contributed by atoms with van der Waals surface area (Å²) in [5, 5.41) is 9.28. The van der Waals surface area contributed by atoms with Crippen LogP contribution in [0.4, 0.5) is 0 Å². The summed E-state index contributed by atoms with van der Waals surface area (Å²) in [7, 11) is 5.90. The molecule has 6 nitrogen and oxygen atoms in total.